The maximum atomic E-state index is 4.82. The van der Waals surface area contributed by atoms with Gasteiger partial charge in [0.1, 0.15) is 0 Å². The van der Waals surface area contributed by atoms with E-state index >= 15 is 0 Å². The third kappa shape index (κ3) is 2.46. The molecule has 0 radical (unpaired) electrons. The molecule has 26 heavy (non-hydrogen) atoms. The number of thiophene rings is 1. The van der Waals surface area contributed by atoms with E-state index in [-0.39, 0.29) is 0 Å². The van der Waals surface area contributed by atoms with Gasteiger partial charge >= 0.3 is 0 Å². The van der Waals surface area contributed by atoms with Crippen LogP contribution in [0.3, 0.4) is 0 Å². The van der Waals surface area contributed by atoms with Crippen LogP contribution in [0.5, 0.6) is 0 Å². The van der Waals surface area contributed by atoms with Crippen LogP contribution in [0.4, 0.5) is 0 Å². The highest BCUT2D eigenvalue weighted by Gasteiger charge is 2.13. The highest BCUT2D eigenvalue weighted by Crippen LogP contribution is 2.29. The van der Waals surface area contributed by atoms with Gasteiger partial charge < -0.3 is 0 Å². The Hall–Kier alpha value is -3.12. The molecule has 0 fully saturated rings. The van der Waals surface area contributed by atoms with E-state index in [9.17, 15) is 0 Å². The number of fused-ring (bicyclic) bond motifs is 3. The second kappa shape index (κ2) is 6.00. The molecule has 6 heteroatoms. The van der Waals surface area contributed by atoms with Crippen LogP contribution in [0.2, 0.25) is 0 Å². The van der Waals surface area contributed by atoms with Gasteiger partial charge in [-0.2, -0.15) is 9.61 Å². The van der Waals surface area contributed by atoms with E-state index in [0.717, 1.165) is 40.1 Å². The van der Waals surface area contributed by atoms with Crippen LogP contribution in [0.15, 0.2) is 60.8 Å². The standard InChI is InChI=1S/C20H15N5S/c1-13-22-23-20-16-7-3-2-6-15(16)18(24-25(13)20)12-14-9-10-19(26-14)17-8-4-5-11-21-17/h2-11H,12H2,1H3. The Bertz CT molecular complexity index is 1220. The van der Waals surface area contributed by atoms with Gasteiger partial charge in [-0.15, -0.1) is 21.5 Å². The molecule has 5 nitrogen and oxygen atoms in total. The first kappa shape index (κ1) is 15.2. The monoisotopic (exact) mass is 357 g/mol. The molecule has 0 aliphatic rings. The number of benzene rings is 1. The third-order valence-corrected chi connectivity index (χ3v) is 5.52. The topological polar surface area (TPSA) is 56.0 Å². The summed E-state index contributed by atoms with van der Waals surface area (Å²) in [5, 5.41) is 15.5. The average molecular weight is 357 g/mol. The normalized spacial score (nSPS) is 11.4. The van der Waals surface area contributed by atoms with Crippen molar-refractivity contribution in [3.8, 4) is 10.6 Å². The number of rotatable bonds is 3. The Morgan fingerprint density at radius 3 is 2.62 bits per heavy atom. The van der Waals surface area contributed by atoms with Gasteiger partial charge in [-0.25, -0.2) is 0 Å². The smallest absolute Gasteiger partial charge is 0.185 e. The van der Waals surface area contributed by atoms with E-state index in [1.54, 1.807) is 11.3 Å². The van der Waals surface area contributed by atoms with Crippen molar-refractivity contribution in [3.05, 3.63) is 77.2 Å². The van der Waals surface area contributed by atoms with Crippen LogP contribution in [0.25, 0.3) is 27.0 Å². The van der Waals surface area contributed by atoms with Gasteiger partial charge in [0.05, 0.1) is 16.3 Å². The van der Waals surface area contributed by atoms with Gasteiger partial charge in [0.25, 0.3) is 0 Å². The van der Waals surface area contributed by atoms with Crippen molar-refractivity contribution < 1.29 is 0 Å². The van der Waals surface area contributed by atoms with Crippen molar-refractivity contribution in [3.63, 3.8) is 0 Å². The van der Waals surface area contributed by atoms with E-state index in [1.165, 1.54) is 9.75 Å². The van der Waals surface area contributed by atoms with Crippen LogP contribution < -0.4 is 0 Å². The number of hydrogen-bond donors (Lipinski definition) is 0. The average Bonchev–Trinajstić information content (AvgIpc) is 3.30. The van der Waals surface area contributed by atoms with E-state index in [2.05, 4.69) is 39.4 Å². The molecule has 5 aromatic rings. The summed E-state index contributed by atoms with van der Waals surface area (Å²) in [5.41, 5.74) is 2.85. The summed E-state index contributed by atoms with van der Waals surface area (Å²) in [7, 11) is 0. The van der Waals surface area contributed by atoms with Crippen molar-refractivity contribution in [1.29, 1.82) is 0 Å². The first-order valence-electron chi connectivity index (χ1n) is 8.39. The minimum absolute atomic E-state index is 0.769. The van der Waals surface area contributed by atoms with Crippen molar-refractivity contribution >= 4 is 27.8 Å². The molecule has 0 N–H and O–H groups in total. The lowest BCUT2D eigenvalue weighted by molar-refractivity contribution is 0.846. The van der Waals surface area contributed by atoms with E-state index in [4.69, 9.17) is 5.10 Å². The lowest BCUT2D eigenvalue weighted by atomic mass is 10.1. The molecule has 0 bridgehead atoms. The van der Waals surface area contributed by atoms with Crippen LogP contribution in [-0.2, 0) is 6.42 Å². The number of aryl methyl sites for hydroxylation is 1. The maximum Gasteiger partial charge on any atom is 0.185 e. The molecule has 1 aromatic carbocycles. The molecule has 4 heterocycles. The van der Waals surface area contributed by atoms with Gasteiger partial charge in [-0.3, -0.25) is 4.98 Å². The summed E-state index contributed by atoms with van der Waals surface area (Å²) >= 11 is 1.76. The Kier molecular flexibility index (Phi) is 3.50. The molecule has 0 saturated carbocycles. The molecule has 0 aliphatic carbocycles. The van der Waals surface area contributed by atoms with Crippen LogP contribution in [0.1, 0.15) is 16.4 Å². The van der Waals surface area contributed by atoms with Crippen molar-refractivity contribution in [2.45, 2.75) is 13.3 Å². The highest BCUT2D eigenvalue weighted by atomic mass is 32.1. The number of hydrogen-bond acceptors (Lipinski definition) is 5. The first-order valence-corrected chi connectivity index (χ1v) is 9.21. The molecule has 0 saturated heterocycles. The predicted octanol–water partition coefficient (Wildman–Crippen LogP) is 4.30. The molecule has 4 aromatic heterocycles. The summed E-state index contributed by atoms with van der Waals surface area (Å²) in [6.45, 7) is 1.93. The second-order valence-electron chi connectivity index (χ2n) is 6.13. The summed E-state index contributed by atoms with van der Waals surface area (Å²) in [5.74, 6) is 0.798. The lowest BCUT2D eigenvalue weighted by Crippen LogP contribution is -2.02. The second-order valence-corrected chi connectivity index (χ2v) is 7.30. The Morgan fingerprint density at radius 1 is 0.923 bits per heavy atom. The molecule has 0 atom stereocenters. The van der Waals surface area contributed by atoms with Crippen molar-refractivity contribution in [1.82, 2.24) is 24.8 Å². The fourth-order valence-electron chi connectivity index (χ4n) is 3.16. The Morgan fingerprint density at radius 2 is 1.77 bits per heavy atom. The molecule has 5 rings (SSSR count). The van der Waals surface area contributed by atoms with E-state index < -0.39 is 0 Å². The molecule has 0 amide bonds. The predicted molar refractivity (Wildman–Crippen MR) is 103 cm³/mol. The van der Waals surface area contributed by atoms with Gasteiger partial charge in [0.15, 0.2) is 11.5 Å². The maximum absolute atomic E-state index is 4.82. The summed E-state index contributed by atoms with van der Waals surface area (Å²) < 4.78 is 1.84. The molecule has 0 aliphatic heterocycles. The molecule has 126 valence electrons. The third-order valence-electron chi connectivity index (χ3n) is 4.42. The van der Waals surface area contributed by atoms with Gasteiger partial charge in [-0.1, -0.05) is 30.3 Å². The van der Waals surface area contributed by atoms with Crippen LogP contribution in [-0.4, -0.2) is 24.8 Å². The molecular formula is C20H15N5S. The molecular weight excluding hydrogens is 342 g/mol. The lowest BCUT2D eigenvalue weighted by Gasteiger charge is -2.06. The zero-order valence-electron chi connectivity index (χ0n) is 14.1. The zero-order chi connectivity index (χ0) is 17.5. The molecule has 0 unspecified atom stereocenters. The van der Waals surface area contributed by atoms with Crippen molar-refractivity contribution in [2.24, 2.45) is 0 Å². The van der Waals surface area contributed by atoms with E-state index in [0.29, 0.717) is 0 Å². The van der Waals surface area contributed by atoms with E-state index in [1.807, 2.05) is 48.0 Å². The van der Waals surface area contributed by atoms with Crippen molar-refractivity contribution in [2.75, 3.05) is 0 Å². The van der Waals surface area contributed by atoms with Gasteiger partial charge in [-0.05, 0) is 31.2 Å². The van der Waals surface area contributed by atoms with Gasteiger partial charge in [0, 0.05) is 28.3 Å². The highest BCUT2D eigenvalue weighted by molar-refractivity contribution is 7.15. The molecule has 0 spiro atoms. The summed E-state index contributed by atoms with van der Waals surface area (Å²) in [6, 6.07) is 18.5. The SMILES string of the molecule is Cc1nnc2c3ccccc3c(Cc3ccc(-c4ccccn4)s3)nn12. The minimum atomic E-state index is 0.769. The summed E-state index contributed by atoms with van der Waals surface area (Å²) in [6.07, 6.45) is 2.60. The zero-order valence-corrected chi connectivity index (χ0v) is 14.9. The number of pyridine rings is 1. The van der Waals surface area contributed by atoms with Gasteiger partial charge in [0.2, 0.25) is 0 Å². The van der Waals surface area contributed by atoms with Crippen LogP contribution in [0, 0.1) is 6.92 Å². The first-order chi connectivity index (χ1) is 12.8. The number of aromatic nitrogens is 5. The quantitative estimate of drug-likeness (QED) is 0.483. The largest absolute Gasteiger partial charge is 0.255 e. The Labute approximate surface area is 154 Å². The Balaban J connectivity index is 1.61. The summed E-state index contributed by atoms with van der Waals surface area (Å²) in [4.78, 5) is 6.87. The fraction of sp³-hybridized carbons (Fsp3) is 0.100. The fourth-order valence-corrected chi connectivity index (χ4v) is 4.15. The minimum Gasteiger partial charge on any atom is -0.255 e. The van der Waals surface area contributed by atoms with Crippen LogP contribution >= 0.6 is 11.3 Å². The number of nitrogens with zero attached hydrogens (tertiary/aromatic N) is 5.